The second-order valence-corrected chi connectivity index (χ2v) is 4.44. The van der Waals surface area contributed by atoms with Crippen molar-refractivity contribution < 1.29 is 18.3 Å². The van der Waals surface area contributed by atoms with Crippen molar-refractivity contribution in [3.05, 3.63) is 65.2 Å². The molecule has 4 heteroatoms. The molecule has 0 bridgehead atoms. The van der Waals surface area contributed by atoms with Crippen LogP contribution in [-0.4, -0.2) is 12.9 Å². The van der Waals surface area contributed by atoms with E-state index in [2.05, 4.69) is 0 Å². The molecule has 0 heterocycles. The Hall–Kier alpha value is -2.23. The maximum absolute atomic E-state index is 13.4. The molecular formula is C16H14F2O2. The Labute approximate surface area is 116 Å². The van der Waals surface area contributed by atoms with Crippen molar-refractivity contribution in [2.24, 2.45) is 0 Å². The summed E-state index contributed by atoms with van der Waals surface area (Å²) in [6.07, 6.45) is -0.109. The number of hydrogen-bond donors (Lipinski definition) is 0. The molecule has 2 aromatic carbocycles. The topological polar surface area (TPSA) is 26.3 Å². The Bertz CT molecular complexity index is 586. The van der Waals surface area contributed by atoms with Crippen molar-refractivity contribution in [1.29, 1.82) is 0 Å². The van der Waals surface area contributed by atoms with Crippen LogP contribution in [0.2, 0.25) is 0 Å². The van der Waals surface area contributed by atoms with Crippen molar-refractivity contribution in [2.75, 3.05) is 7.11 Å². The molecule has 0 aliphatic heterocycles. The summed E-state index contributed by atoms with van der Waals surface area (Å²) in [5.74, 6) is -0.915. The van der Waals surface area contributed by atoms with E-state index in [1.54, 1.807) is 31.4 Å². The normalized spacial score (nSPS) is 10.3. The van der Waals surface area contributed by atoms with E-state index >= 15 is 0 Å². The van der Waals surface area contributed by atoms with E-state index in [1.807, 2.05) is 0 Å². The van der Waals surface area contributed by atoms with E-state index in [-0.39, 0.29) is 24.2 Å². The summed E-state index contributed by atoms with van der Waals surface area (Å²) in [5.41, 5.74) is 0.610. The summed E-state index contributed by atoms with van der Waals surface area (Å²) in [4.78, 5) is 11.9. The molecule has 0 amide bonds. The van der Waals surface area contributed by atoms with Crippen LogP contribution in [0.25, 0.3) is 0 Å². The number of methoxy groups -OCH3 is 1. The molecule has 0 radical (unpaired) electrons. The highest BCUT2D eigenvalue weighted by atomic mass is 19.1. The number of ketones is 1. The van der Waals surface area contributed by atoms with E-state index < -0.39 is 11.6 Å². The van der Waals surface area contributed by atoms with E-state index in [9.17, 15) is 13.6 Å². The molecule has 2 nitrogen and oxygen atoms in total. The Morgan fingerprint density at radius 2 is 1.60 bits per heavy atom. The fourth-order valence-corrected chi connectivity index (χ4v) is 1.93. The SMILES string of the molecule is COc1ccc(CC(=O)Cc2c(F)cccc2F)cc1. The Kier molecular flexibility index (Phi) is 4.45. The summed E-state index contributed by atoms with van der Waals surface area (Å²) in [5, 5.41) is 0. The highest BCUT2D eigenvalue weighted by Crippen LogP contribution is 2.15. The van der Waals surface area contributed by atoms with Crippen LogP contribution in [0.1, 0.15) is 11.1 Å². The van der Waals surface area contributed by atoms with Crippen molar-refractivity contribution in [1.82, 2.24) is 0 Å². The summed E-state index contributed by atoms with van der Waals surface area (Å²) in [6, 6.07) is 10.6. The van der Waals surface area contributed by atoms with Crippen LogP contribution < -0.4 is 4.74 Å². The zero-order valence-corrected chi connectivity index (χ0v) is 11.0. The molecule has 0 saturated heterocycles. The minimum atomic E-state index is -0.687. The van der Waals surface area contributed by atoms with Crippen LogP contribution in [0.5, 0.6) is 5.75 Å². The first-order valence-electron chi connectivity index (χ1n) is 6.17. The third kappa shape index (κ3) is 3.41. The van der Waals surface area contributed by atoms with Gasteiger partial charge in [0.1, 0.15) is 23.2 Å². The molecule has 0 fully saturated rings. The van der Waals surface area contributed by atoms with Gasteiger partial charge in [-0.15, -0.1) is 0 Å². The molecule has 2 aromatic rings. The Morgan fingerprint density at radius 3 is 2.15 bits per heavy atom. The number of halogens is 2. The smallest absolute Gasteiger partial charge is 0.141 e. The molecule has 104 valence electrons. The highest BCUT2D eigenvalue weighted by molar-refractivity contribution is 5.83. The number of benzene rings is 2. The molecule has 0 spiro atoms. The lowest BCUT2D eigenvalue weighted by atomic mass is 10.0. The summed E-state index contributed by atoms with van der Waals surface area (Å²) >= 11 is 0. The first-order valence-corrected chi connectivity index (χ1v) is 6.17. The second-order valence-electron chi connectivity index (χ2n) is 4.44. The number of hydrogen-bond acceptors (Lipinski definition) is 2. The predicted octanol–water partition coefficient (Wildman–Crippen LogP) is 3.33. The fourth-order valence-electron chi connectivity index (χ4n) is 1.93. The van der Waals surface area contributed by atoms with E-state index in [0.29, 0.717) is 5.75 Å². The molecular weight excluding hydrogens is 262 g/mol. The number of rotatable bonds is 5. The molecule has 0 unspecified atom stereocenters. The van der Waals surface area contributed by atoms with Gasteiger partial charge >= 0.3 is 0 Å². The molecule has 2 rings (SSSR count). The van der Waals surface area contributed by atoms with Crippen molar-refractivity contribution in [3.63, 3.8) is 0 Å². The van der Waals surface area contributed by atoms with Crippen LogP contribution in [0.3, 0.4) is 0 Å². The molecule has 0 saturated carbocycles. The zero-order chi connectivity index (χ0) is 14.5. The minimum absolute atomic E-state index is 0.137. The third-order valence-electron chi connectivity index (χ3n) is 3.00. The largest absolute Gasteiger partial charge is 0.497 e. The first-order chi connectivity index (χ1) is 9.60. The molecule has 0 aliphatic carbocycles. The lowest BCUT2D eigenvalue weighted by Crippen LogP contribution is -2.09. The van der Waals surface area contributed by atoms with Crippen molar-refractivity contribution in [3.8, 4) is 5.75 Å². The van der Waals surface area contributed by atoms with Gasteiger partial charge in [-0.25, -0.2) is 8.78 Å². The van der Waals surface area contributed by atoms with Gasteiger partial charge in [-0.05, 0) is 29.8 Å². The number of ether oxygens (including phenoxy) is 1. The number of carbonyl (C=O) groups is 1. The van der Waals surface area contributed by atoms with Crippen LogP contribution in [-0.2, 0) is 17.6 Å². The van der Waals surface area contributed by atoms with Gasteiger partial charge in [0, 0.05) is 18.4 Å². The van der Waals surface area contributed by atoms with Gasteiger partial charge in [0.2, 0.25) is 0 Å². The molecule has 20 heavy (non-hydrogen) atoms. The van der Waals surface area contributed by atoms with Gasteiger partial charge in [-0.1, -0.05) is 18.2 Å². The lowest BCUT2D eigenvalue weighted by molar-refractivity contribution is -0.117. The molecule has 0 atom stereocenters. The zero-order valence-electron chi connectivity index (χ0n) is 11.0. The number of carbonyl (C=O) groups excluding carboxylic acids is 1. The number of Topliss-reactive ketones (excluding diaryl/α,β-unsaturated/α-hetero) is 1. The van der Waals surface area contributed by atoms with Gasteiger partial charge in [0.25, 0.3) is 0 Å². The van der Waals surface area contributed by atoms with Crippen molar-refractivity contribution >= 4 is 5.78 Å². The average Bonchev–Trinajstić information content (AvgIpc) is 2.44. The Balaban J connectivity index is 2.05. The standard InChI is InChI=1S/C16H14F2O2/c1-20-13-7-5-11(6-8-13)9-12(19)10-14-15(17)3-2-4-16(14)18/h2-8H,9-10H2,1H3. The predicted molar refractivity (Wildman–Crippen MR) is 71.8 cm³/mol. The molecule has 0 aliphatic rings. The first kappa shape index (κ1) is 14.2. The monoisotopic (exact) mass is 276 g/mol. The lowest BCUT2D eigenvalue weighted by Gasteiger charge is -2.05. The van der Waals surface area contributed by atoms with Gasteiger partial charge in [0.15, 0.2) is 0 Å². The summed E-state index contributed by atoms with van der Waals surface area (Å²) in [7, 11) is 1.56. The van der Waals surface area contributed by atoms with Gasteiger partial charge in [-0.2, -0.15) is 0 Å². The van der Waals surface area contributed by atoms with E-state index in [1.165, 1.54) is 6.07 Å². The average molecular weight is 276 g/mol. The molecule has 0 N–H and O–H groups in total. The highest BCUT2D eigenvalue weighted by Gasteiger charge is 2.13. The van der Waals surface area contributed by atoms with Gasteiger partial charge < -0.3 is 4.74 Å². The van der Waals surface area contributed by atoms with E-state index in [4.69, 9.17) is 4.74 Å². The van der Waals surface area contributed by atoms with Gasteiger partial charge in [-0.3, -0.25) is 4.79 Å². The minimum Gasteiger partial charge on any atom is -0.497 e. The van der Waals surface area contributed by atoms with Crippen molar-refractivity contribution in [2.45, 2.75) is 12.8 Å². The quantitative estimate of drug-likeness (QED) is 0.837. The summed E-state index contributed by atoms with van der Waals surface area (Å²) in [6.45, 7) is 0. The third-order valence-corrected chi connectivity index (χ3v) is 3.00. The maximum Gasteiger partial charge on any atom is 0.141 e. The van der Waals surface area contributed by atoms with E-state index in [0.717, 1.165) is 17.7 Å². The maximum atomic E-state index is 13.4. The van der Waals surface area contributed by atoms with Crippen LogP contribution in [0, 0.1) is 11.6 Å². The van der Waals surface area contributed by atoms with Crippen LogP contribution in [0.15, 0.2) is 42.5 Å². The molecule has 0 aromatic heterocycles. The second kappa shape index (κ2) is 6.28. The van der Waals surface area contributed by atoms with Crippen LogP contribution in [0.4, 0.5) is 8.78 Å². The van der Waals surface area contributed by atoms with Crippen LogP contribution >= 0.6 is 0 Å². The van der Waals surface area contributed by atoms with Gasteiger partial charge in [0.05, 0.1) is 7.11 Å². The fraction of sp³-hybridized carbons (Fsp3) is 0.188. The Morgan fingerprint density at radius 1 is 1.00 bits per heavy atom. The summed E-state index contributed by atoms with van der Waals surface area (Å²) < 4.78 is 31.9.